The molecule has 5 heteroatoms. The Hall–Kier alpha value is -1.54. The van der Waals surface area contributed by atoms with Crippen molar-refractivity contribution in [3.8, 4) is 6.07 Å². The molecule has 0 saturated heterocycles. The van der Waals surface area contributed by atoms with Crippen molar-refractivity contribution in [2.24, 2.45) is 0 Å². The summed E-state index contributed by atoms with van der Waals surface area (Å²) < 4.78 is 11.2. The maximum atomic E-state index is 11.2. The highest BCUT2D eigenvalue weighted by atomic mass is 32.2. The number of hydrogen-bond donors (Lipinski definition) is 2. The molecule has 0 spiro atoms. The fourth-order valence-electron chi connectivity index (χ4n) is 1.39. The highest BCUT2D eigenvalue weighted by molar-refractivity contribution is 7.84. The summed E-state index contributed by atoms with van der Waals surface area (Å²) >= 11 is 0. The monoisotopic (exact) mass is 251 g/mol. The van der Waals surface area contributed by atoms with E-state index in [1.807, 2.05) is 19.1 Å². The second-order valence-electron chi connectivity index (χ2n) is 3.90. The van der Waals surface area contributed by atoms with Crippen LogP contribution in [0.15, 0.2) is 18.2 Å². The molecule has 0 aromatic heterocycles. The number of hydrogen-bond acceptors (Lipinski definition) is 4. The molecular formula is C12H17N3OS. The number of benzene rings is 1. The lowest BCUT2D eigenvalue weighted by molar-refractivity contribution is 0.672. The molecule has 1 aromatic carbocycles. The molecule has 0 bridgehead atoms. The van der Waals surface area contributed by atoms with Gasteiger partial charge in [-0.05, 0) is 18.6 Å². The second kappa shape index (κ2) is 6.26. The predicted octanol–water partition coefficient (Wildman–Crippen LogP) is 1.71. The lowest BCUT2D eigenvalue weighted by Crippen LogP contribution is -2.15. The molecule has 3 N–H and O–H groups in total. The number of nitrogen functional groups attached to an aromatic ring is 1. The number of nitrogens with two attached hydrogens (primary N) is 1. The lowest BCUT2D eigenvalue weighted by Gasteiger charge is -2.12. The molecule has 0 heterocycles. The summed E-state index contributed by atoms with van der Waals surface area (Å²) in [5.74, 6) is 0. The average molecular weight is 251 g/mol. The minimum atomic E-state index is -0.803. The van der Waals surface area contributed by atoms with Crippen LogP contribution < -0.4 is 11.1 Å². The van der Waals surface area contributed by atoms with Crippen molar-refractivity contribution in [3.63, 3.8) is 0 Å². The van der Waals surface area contributed by atoms with E-state index < -0.39 is 10.8 Å². The molecule has 0 radical (unpaired) electrons. The number of anilines is 2. The van der Waals surface area contributed by atoms with Gasteiger partial charge in [-0.3, -0.25) is 4.21 Å². The summed E-state index contributed by atoms with van der Waals surface area (Å²) in [7, 11) is -0.803. The van der Waals surface area contributed by atoms with Crippen molar-refractivity contribution >= 4 is 22.2 Å². The van der Waals surface area contributed by atoms with Crippen LogP contribution in [0.1, 0.15) is 18.9 Å². The normalized spacial score (nSPS) is 13.7. The predicted molar refractivity (Wildman–Crippen MR) is 72.2 cm³/mol. The van der Waals surface area contributed by atoms with E-state index in [4.69, 9.17) is 11.0 Å². The molecule has 0 aliphatic carbocycles. The third kappa shape index (κ3) is 3.75. The first-order valence-electron chi connectivity index (χ1n) is 5.41. The average Bonchev–Trinajstić information content (AvgIpc) is 2.31. The quantitative estimate of drug-likeness (QED) is 0.781. The highest BCUT2D eigenvalue weighted by Gasteiger charge is 2.07. The fourth-order valence-corrected chi connectivity index (χ4v) is 1.84. The Bertz CT molecular complexity index is 454. The van der Waals surface area contributed by atoms with E-state index in [1.165, 1.54) is 0 Å². The van der Waals surface area contributed by atoms with Gasteiger partial charge in [-0.15, -0.1) is 0 Å². The zero-order valence-electron chi connectivity index (χ0n) is 10.1. The van der Waals surface area contributed by atoms with Crippen molar-refractivity contribution in [2.75, 3.05) is 23.9 Å². The van der Waals surface area contributed by atoms with E-state index in [-0.39, 0.29) is 5.25 Å². The van der Waals surface area contributed by atoms with Gasteiger partial charge in [0.15, 0.2) is 0 Å². The smallest absolute Gasteiger partial charge is 0.101 e. The van der Waals surface area contributed by atoms with Crippen LogP contribution in [0, 0.1) is 11.3 Å². The summed E-state index contributed by atoms with van der Waals surface area (Å²) in [4.78, 5) is 0. The highest BCUT2D eigenvalue weighted by Crippen LogP contribution is 2.21. The van der Waals surface area contributed by atoms with Crippen molar-refractivity contribution in [1.29, 1.82) is 5.26 Å². The van der Waals surface area contributed by atoms with Crippen molar-refractivity contribution in [1.82, 2.24) is 0 Å². The molecule has 0 fully saturated rings. The SMILES string of the molecule is CC(CCNc1cccc(C#N)c1N)S(C)=O. The third-order valence-corrected chi connectivity index (χ3v) is 4.03. The van der Waals surface area contributed by atoms with Gasteiger partial charge in [0.2, 0.25) is 0 Å². The minimum absolute atomic E-state index is 0.155. The first kappa shape index (κ1) is 13.5. The van der Waals surface area contributed by atoms with E-state index in [9.17, 15) is 4.21 Å². The minimum Gasteiger partial charge on any atom is -0.396 e. The molecule has 0 saturated carbocycles. The summed E-state index contributed by atoms with van der Waals surface area (Å²) in [5.41, 5.74) is 7.53. The number of nitrogens with zero attached hydrogens (tertiary/aromatic N) is 1. The van der Waals surface area contributed by atoms with Gasteiger partial charge < -0.3 is 11.1 Å². The maximum absolute atomic E-state index is 11.2. The number of nitriles is 1. The van der Waals surface area contributed by atoms with Gasteiger partial charge in [0, 0.05) is 28.9 Å². The summed E-state index contributed by atoms with van der Waals surface area (Å²) in [6.07, 6.45) is 2.51. The number of nitrogens with one attached hydrogen (secondary N) is 1. The van der Waals surface area contributed by atoms with Gasteiger partial charge in [-0.1, -0.05) is 13.0 Å². The molecule has 92 valence electrons. The first-order valence-corrected chi connectivity index (χ1v) is 7.03. The van der Waals surface area contributed by atoms with Gasteiger partial charge in [0.1, 0.15) is 6.07 Å². The van der Waals surface area contributed by atoms with Crippen LogP contribution in [0.4, 0.5) is 11.4 Å². The Morgan fingerprint density at radius 2 is 2.29 bits per heavy atom. The maximum Gasteiger partial charge on any atom is 0.101 e. The molecule has 17 heavy (non-hydrogen) atoms. The van der Waals surface area contributed by atoms with Gasteiger partial charge in [-0.25, -0.2) is 0 Å². The molecule has 0 aliphatic heterocycles. The van der Waals surface area contributed by atoms with E-state index in [0.717, 1.165) is 12.1 Å². The van der Waals surface area contributed by atoms with Crippen LogP contribution >= 0.6 is 0 Å². The van der Waals surface area contributed by atoms with E-state index >= 15 is 0 Å². The molecule has 4 nitrogen and oxygen atoms in total. The van der Waals surface area contributed by atoms with Crippen molar-refractivity contribution in [3.05, 3.63) is 23.8 Å². The lowest BCUT2D eigenvalue weighted by atomic mass is 10.1. The first-order chi connectivity index (χ1) is 8.06. The number of para-hydroxylation sites is 1. The summed E-state index contributed by atoms with van der Waals surface area (Å²) in [6.45, 7) is 2.65. The topological polar surface area (TPSA) is 78.9 Å². The molecule has 1 rings (SSSR count). The van der Waals surface area contributed by atoms with Crippen LogP contribution in [0.2, 0.25) is 0 Å². The molecule has 2 unspecified atom stereocenters. The Balaban J connectivity index is 2.59. The number of rotatable bonds is 5. The van der Waals surface area contributed by atoms with Crippen LogP contribution in [-0.2, 0) is 10.8 Å². The van der Waals surface area contributed by atoms with Gasteiger partial charge in [-0.2, -0.15) is 5.26 Å². The Labute approximate surface area is 104 Å². The van der Waals surface area contributed by atoms with Crippen LogP contribution in [-0.4, -0.2) is 22.3 Å². The summed E-state index contributed by atoms with van der Waals surface area (Å²) in [5, 5.41) is 12.1. The Morgan fingerprint density at radius 1 is 1.59 bits per heavy atom. The molecule has 1 aromatic rings. The van der Waals surface area contributed by atoms with E-state index in [1.54, 1.807) is 18.4 Å². The van der Waals surface area contributed by atoms with E-state index in [2.05, 4.69) is 5.32 Å². The van der Waals surface area contributed by atoms with Crippen LogP contribution in [0.5, 0.6) is 0 Å². The van der Waals surface area contributed by atoms with Crippen LogP contribution in [0.25, 0.3) is 0 Å². The van der Waals surface area contributed by atoms with E-state index in [0.29, 0.717) is 17.8 Å². The largest absolute Gasteiger partial charge is 0.396 e. The van der Waals surface area contributed by atoms with Gasteiger partial charge in [0.05, 0.1) is 16.9 Å². The molecular weight excluding hydrogens is 234 g/mol. The van der Waals surface area contributed by atoms with Gasteiger partial charge in [0.25, 0.3) is 0 Å². The zero-order chi connectivity index (χ0) is 12.8. The fraction of sp³-hybridized carbons (Fsp3) is 0.417. The molecule has 0 aliphatic rings. The summed E-state index contributed by atoms with van der Waals surface area (Å²) in [6, 6.07) is 7.35. The second-order valence-corrected chi connectivity index (χ2v) is 5.71. The Kier molecular flexibility index (Phi) is 4.98. The van der Waals surface area contributed by atoms with Crippen molar-refractivity contribution in [2.45, 2.75) is 18.6 Å². The molecule has 0 amide bonds. The zero-order valence-corrected chi connectivity index (χ0v) is 10.9. The van der Waals surface area contributed by atoms with Crippen LogP contribution in [0.3, 0.4) is 0 Å². The van der Waals surface area contributed by atoms with Crippen molar-refractivity contribution < 1.29 is 4.21 Å². The Morgan fingerprint density at radius 3 is 2.88 bits per heavy atom. The third-order valence-electron chi connectivity index (χ3n) is 2.66. The van der Waals surface area contributed by atoms with Gasteiger partial charge >= 0.3 is 0 Å². The standard InChI is InChI=1S/C12H17N3OS/c1-9(17(2)16)6-7-15-11-5-3-4-10(8-13)12(11)14/h3-5,9,15H,6-7,14H2,1-2H3. The molecule has 2 atom stereocenters.